The van der Waals surface area contributed by atoms with E-state index in [-0.39, 0.29) is 54.4 Å². The third-order valence-electron chi connectivity index (χ3n) is 9.37. The topological polar surface area (TPSA) is 129 Å². The Balaban J connectivity index is 1.44. The average molecular weight is 606 g/mol. The molecule has 0 aliphatic carbocycles. The van der Waals surface area contributed by atoms with Gasteiger partial charge in [-0.1, -0.05) is 38.8 Å². The van der Waals surface area contributed by atoms with Gasteiger partial charge >= 0.3 is 0 Å². The van der Waals surface area contributed by atoms with Crippen molar-refractivity contribution in [2.75, 3.05) is 18.4 Å². The third kappa shape index (κ3) is 5.11. The first-order chi connectivity index (χ1) is 21.0. The van der Waals surface area contributed by atoms with Crippen LogP contribution in [0, 0.1) is 17.6 Å². The van der Waals surface area contributed by atoms with Gasteiger partial charge in [-0.25, -0.2) is 8.78 Å². The Morgan fingerprint density at radius 1 is 1.07 bits per heavy atom. The maximum Gasteiger partial charge on any atom is 0.270 e. The number of fused-ring (bicyclic) bond motifs is 3. The molecule has 0 radical (unpaired) electrons. The van der Waals surface area contributed by atoms with Gasteiger partial charge in [0, 0.05) is 30.2 Å². The highest BCUT2D eigenvalue weighted by Gasteiger charge is 2.58. The van der Waals surface area contributed by atoms with E-state index in [2.05, 4.69) is 10.3 Å². The summed E-state index contributed by atoms with van der Waals surface area (Å²) in [4.78, 5) is 60.9. The molecule has 11 heteroatoms. The summed E-state index contributed by atoms with van der Waals surface area (Å²) in [6, 6.07) is 7.08. The number of H-pyrrole nitrogens is 1. The number of nitrogens with two attached hydrogens (primary N) is 1. The summed E-state index contributed by atoms with van der Waals surface area (Å²) in [5, 5.41) is 3.01. The quantitative estimate of drug-likeness (QED) is 0.407. The van der Waals surface area contributed by atoms with Crippen LogP contribution in [0.4, 0.5) is 14.5 Å². The summed E-state index contributed by atoms with van der Waals surface area (Å²) in [5.41, 5.74) is 7.40. The van der Waals surface area contributed by atoms with E-state index in [1.54, 1.807) is 0 Å². The number of halogens is 2. The first-order valence-corrected chi connectivity index (χ1v) is 15.3. The lowest BCUT2D eigenvalue weighted by molar-refractivity contribution is -0.141. The van der Waals surface area contributed by atoms with Crippen molar-refractivity contribution in [2.24, 2.45) is 11.7 Å². The van der Waals surface area contributed by atoms with Crippen LogP contribution in [-0.4, -0.2) is 63.6 Å². The Morgan fingerprint density at radius 3 is 2.59 bits per heavy atom. The summed E-state index contributed by atoms with van der Waals surface area (Å²) >= 11 is 0. The van der Waals surface area contributed by atoms with Gasteiger partial charge in [0.25, 0.3) is 5.91 Å². The summed E-state index contributed by atoms with van der Waals surface area (Å²) in [6.07, 6.45) is 4.36. The number of carbonyl (C=O) groups is 4. The van der Waals surface area contributed by atoms with Crippen molar-refractivity contribution in [3.8, 4) is 0 Å². The van der Waals surface area contributed by atoms with Crippen molar-refractivity contribution < 1.29 is 28.0 Å². The molecule has 9 nitrogen and oxygen atoms in total. The number of hydrogen-bond donors (Lipinski definition) is 3. The zero-order valence-electron chi connectivity index (χ0n) is 24.9. The van der Waals surface area contributed by atoms with Gasteiger partial charge in [0.1, 0.15) is 29.4 Å². The predicted molar refractivity (Wildman–Crippen MR) is 161 cm³/mol. The molecule has 2 aromatic carbocycles. The van der Waals surface area contributed by atoms with E-state index in [9.17, 15) is 28.0 Å². The second-order valence-electron chi connectivity index (χ2n) is 12.8. The molecule has 0 saturated carbocycles. The predicted octanol–water partition coefficient (Wildman–Crippen LogP) is 4.40. The van der Waals surface area contributed by atoms with Gasteiger partial charge < -0.3 is 25.8 Å². The molecule has 4 amide bonds. The fraction of sp³-hybridized carbons (Fsp3) is 0.455. The molecule has 4 bridgehead atoms. The molecule has 4 N–H and O–H groups in total. The van der Waals surface area contributed by atoms with Crippen LogP contribution in [0.15, 0.2) is 36.4 Å². The van der Waals surface area contributed by atoms with E-state index in [1.807, 2.05) is 32.0 Å². The molecule has 44 heavy (non-hydrogen) atoms. The maximum atomic E-state index is 14.6. The molecule has 4 heterocycles. The lowest BCUT2D eigenvalue weighted by Gasteiger charge is -2.36. The molecular weight excluding hydrogens is 568 g/mol. The van der Waals surface area contributed by atoms with Crippen LogP contribution >= 0.6 is 0 Å². The first kappa shape index (κ1) is 29.8. The van der Waals surface area contributed by atoms with Crippen LogP contribution in [0.2, 0.25) is 0 Å². The largest absolute Gasteiger partial charge is 0.368 e. The zero-order valence-corrected chi connectivity index (χ0v) is 24.9. The highest BCUT2D eigenvalue weighted by atomic mass is 19.1. The summed E-state index contributed by atoms with van der Waals surface area (Å²) in [5.74, 6) is -3.58. The summed E-state index contributed by atoms with van der Waals surface area (Å²) in [7, 11) is 0. The van der Waals surface area contributed by atoms with Gasteiger partial charge in [0.05, 0.1) is 10.9 Å². The lowest BCUT2D eigenvalue weighted by Crippen LogP contribution is -2.55. The van der Waals surface area contributed by atoms with Crippen LogP contribution in [0.25, 0.3) is 10.9 Å². The van der Waals surface area contributed by atoms with Gasteiger partial charge in [-0.05, 0) is 67.3 Å². The molecular formula is C33H37F2N5O4. The number of amides is 4. The standard InChI is InChI=1S/C33H37F2N5O4/c1-18(2)11-27-31(43)40-17-33(16-28(40)29(36)41)22-12-19(8-9-24(22)38-32(33)44)7-5-3-4-6-10-39(27)30(42)26-15-21-23(35)13-20(34)14-25(21)37-26/h8-9,12-15,18,27-28,37H,3-7,10-11,16-17H2,1-2H3,(H2,36,41)(H,38,44)/t27-,28-,33-/m0/s1. The number of rotatable bonds is 4. The monoisotopic (exact) mass is 605 g/mol. The molecule has 1 spiro atoms. The van der Waals surface area contributed by atoms with Crippen LogP contribution in [0.3, 0.4) is 0 Å². The fourth-order valence-corrected chi connectivity index (χ4v) is 7.16. The van der Waals surface area contributed by atoms with Crippen molar-refractivity contribution in [3.05, 3.63) is 64.9 Å². The van der Waals surface area contributed by atoms with Crippen LogP contribution in [-0.2, 0) is 26.2 Å². The molecule has 3 aromatic rings. The molecule has 1 fully saturated rings. The molecule has 3 atom stereocenters. The van der Waals surface area contributed by atoms with Crippen molar-refractivity contribution in [3.63, 3.8) is 0 Å². The molecule has 3 aliphatic heterocycles. The highest BCUT2D eigenvalue weighted by Crippen LogP contribution is 2.47. The Labute approximate surface area is 254 Å². The molecule has 232 valence electrons. The van der Waals surface area contributed by atoms with E-state index in [1.165, 1.54) is 15.9 Å². The Bertz CT molecular complexity index is 1670. The fourth-order valence-electron chi connectivity index (χ4n) is 7.16. The van der Waals surface area contributed by atoms with Crippen LogP contribution in [0.1, 0.15) is 74.0 Å². The number of primary amides is 1. The van der Waals surface area contributed by atoms with Crippen LogP contribution in [0.5, 0.6) is 0 Å². The molecule has 6 rings (SSSR count). The number of aromatic nitrogens is 1. The third-order valence-corrected chi connectivity index (χ3v) is 9.37. The Morgan fingerprint density at radius 2 is 1.84 bits per heavy atom. The first-order valence-electron chi connectivity index (χ1n) is 15.3. The van der Waals surface area contributed by atoms with Crippen molar-refractivity contribution in [2.45, 2.75) is 76.3 Å². The van der Waals surface area contributed by atoms with Gasteiger partial charge in [-0.15, -0.1) is 0 Å². The second-order valence-corrected chi connectivity index (χ2v) is 12.8. The van der Waals surface area contributed by atoms with E-state index in [4.69, 9.17) is 5.73 Å². The zero-order chi connectivity index (χ0) is 31.3. The number of hydrogen-bond acceptors (Lipinski definition) is 4. The number of nitrogens with one attached hydrogen (secondary N) is 2. The minimum atomic E-state index is -1.14. The normalized spacial score (nSPS) is 24.0. The van der Waals surface area contributed by atoms with Crippen molar-refractivity contribution >= 4 is 40.2 Å². The lowest BCUT2D eigenvalue weighted by atomic mass is 9.78. The van der Waals surface area contributed by atoms with Gasteiger partial charge in [-0.2, -0.15) is 0 Å². The Kier molecular flexibility index (Phi) is 7.67. The van der Waals surface area contributed by atoms with E-state index < -0.39 is 46.9 Å². The number of anilines is 1. The number of aryl methyl sites for hydroxylation is 1. The van der Waals surface area contributed by atoms with Gasteiger partial charge in [-0.3, -0.25) is 19.2 Å². The Hall–Kier alpha value is -4.28. The van der Waals surface area contributed by atoms with E-state index >= 15 is 0 Å². The summed E-state index contributed by atoms with van der Waals surface area (Å²) < 4.78 is 28.5. The smallest absolute Gasteiger partial charge is 0.270 e. The second kappa shape index (κ2) is 11.3. The maximum absolute atomic E-state index is 14.6. The van der Waals surface area contributed by atoms with Gasteiger partial charge in [0.2, 0.25) is 17.7 Å². The minimum Gasteiger partial charge on any atom is -0.368 e. The number of carbonyl (C=O) groups excluding carboxylic acids is 4. The average Bonchev–Trinajstić information content (AvgIpc) is 3.65. The van der Waals surface area contributed by atoms with Crippen molar-refractivity contribution in [1.29, 1.82) is 0 Å². The van der Waals surface area contributed by atoms with Gasteiger partial charge in [0.15, 0.2) is 0 Å². The SMILES string of the molecule is CC(C)C[C@H]1C(=O)N2C[C@]3(C[C@H]2C(N)=O)C(=O)Nc2ccc(cc23)CCCCCCN1C(=O)c1cc2c(F)cc(F)cc2[nH]1. The summed E-state index contributed by atoms with van der Waals surface area (Å²) in [6.45, 7) is 4.07. The van der Waals surface area contributed by atoms with E-state index in [0.717, 1.165) is 48.9 Å². The number of nitrogens with zero attached hydrogens (tertiary/aromatic N) is 2. The van der Waals surface area contributed by atoms with Crippen LogP contribution < -0.4 is 11.1 Å². The molecule has 3 aliphatic rings. The molecule has 1 saturated heterocycles. The molecule has 1 aromatic heterocycles. The minimum absolute atomic E-state index is 0.0164. The van der Waals surface area contributed by atoms with E-state index in [0.29, 0.717) is 12.1 Å². The highest BCUT2D eigenvalue weighted by molar-refractivity contribution is 6.08. The van der Waals surface area contributed by atoms with Crippen molar-refractivity contribution in [1.82, 2.24) is 14.8 Å². The molecule has 0 unspecified atom stereocenters. The number of benzene rings is 2. The number of aromatic amines is 1.